The van der Waals surface area contributed by atoms with Crippen LogP contribution in [-0.2, 0) is 12.8 Å². The third kappa shape index (κ3) is 4.72. The van der Waals surface area contributed by atoms with Crippen LogP contribution in [0, 0.1) is 5.82 Å². The molecule has 5 rings (SSSR count). The van der Waals surface area contributed by atoms with Gasteiger partial charge in [-0.3, -0.25) is 4.79 Å². The van der Waals surface area contributed by atoms with Crippen molar-refractivity contribution in [3.63, 3.8) is 0 Å². The molecular weight excluding hydrogens is 477 g/mol. The Morgan fingerprint density at radius 2 is 1.76 bits per heavy atom. The summed E-state index contributed by atoms with van der Waals surface area (Å²) in [6.07, 6.45) is 1.01. The van der Waals surface area contributed by atoms with Crippen LogP contribution in [0.15, 0.2) is 65.2 Å². The molecule has 1 aromatic heterocycles. The monoisotopic (exact) mass is 503 g/mol. The van der Waals surface area contributed by atoms with Crippen molar-refractivity contribution < 1.29 is 27.9 Å². The Morgan fingerprint density at radius 3 is 2.54 bits per heavy atom. The molecule has 3 aromatic carbocycles. The molecule has 0 saturated heterocycles. The van der Waals surface area contributed by atoms with Crippen molar-refractivity contribution in [1.29, 1.82) is 0 Å². The summed E-state index contributed by atoms with van der Waals surface area (Å²) in [5, 5.41) is 4.26. The summed E-state index contributed by atoms with van der Waals surface area (Å²) in [5.74, 6) is 1.37. The maximum atomic E-state index is 14.1. The van der Waals surface area contributed by atoms with Gasteiger partial charge < -0.3 is 23.6 Å². The Labute approximate surface area is 213 Å². The number of ether oxygens (including phenoxy) is 3. The van der Waals surface area contributed by atoms with Crippen LogP contribution >= 0.6 is 0 Å². The summed E-state index contributed by atoms with van der Waals surface area (Å²) >= 11 is 0. The number of carbonyl (C=O) groups is 1. The highest BCUT2D eigenvalue weighted by Crippen LogP contribution is 2.36. The standard InChI is InChI=1S/C28H26FN3O5/c1-34-22-11-9-19(29)16-21(22)28(33)32-13-12-18-6-4-5-7-20(18)26(32)27-30-25(37-31-27)15-17-8-10-23(35-2)24(14-17)36-3/h4-11,14,16,26H,12-13,15H2,1-3H3. The molecular formula is C28H26FN3O5. The van der Waals surface area contributed by atoms with Crippen LogP contribution < -0.4 is 14.2 Å². The van der Waals surface area contributed by atoms with Gasteiger partial charge in [0, 0.05) is 6.54 Å². The minimum Gasteiger partial charge on any atom is -0.496 e. The molecule has 4 aromatic rings. The second-order valence-electron chi connectivity index (χ2n) is 8.61. The van der Waals surface area contributed by atoms with E-state index in [1.54, 1.807) is 19.1 Å². The van der Waals surface area contributed by atoms with Gasteiger partial charge in [-0.1, -0.05) is 35.5 Å². The van der Waals surface area contributed by atoms with E-state index in [9.17, 15) is 9.18 Å². The first-order valence-electron chi connectivity index (χ1n) is 11.8. The van der Waals surface area contributed by atoms with Crippen LogP contribution in [0.5, 0.6) is 17.2 Å². The van der Waals surface area contributed by atoms with Gasteiger partial charge in [0.25, 0.3) is 5.91 Å². The van der Waals surface area contributed by atoms with Gasteiger partial charge in [0.05, 0.1) is 33.3 Å². The molecule has 0 radical (unpaired) electrons. The zero-order chi connectivity index (χ0) is 25.9. The van der Waals surface area contributed by atoms with E-state index in [2.05, 4.69) is 10.1 Å². The molecule has 0 N–H and O–H groups in total. The Kier molecular flexibility index (Phi) is 6.76. The predicted octanol–water partition coefficient (Wildman–Crippen LogP) is 4.61. The molecule has 37 heavy (non-hydrogen) atoms. The van der Waals surface area contributed by atoms with E-state index in [-0.39, 0.29) is 11.5 Å². The second kappa shape index (κ2) is 10.3. The molecule has 1 aliphatic rings. The van der Waals surface area contributed by atoms with Gasteiger partial charge in [-0.25, -0.2) is 4.39 Å². The Morgan fingerprint density at radius 1 is 1.00 bits per heavy atom. The molecule has 8 nitrogen and oxygen atoms in total. The third-order valence-electron chi connectivity index (χ3n) is 6.47. The highest BCUT2D eigenvalue weighted by Gasteiger charge is 2.36. The number of hydrogen-bond donors (Lipinski definition) is 0. The van der Waals surface area contributed by atoms with E-state index in [1.165, 1.54) is 25.3 Å². The number of methoxy groups -OCH3 is 3. The topological polar surface area (TPSA) is 86.9 Å². The lowest BCUT2D eigenvalue weighted by molar-refractivity contribution is 0.0682. The molecule has 0 bridgehead atoms. The normalized spacial score (nSPS) is 14.7. The lowest BCUT2D eigenvalue weighted by Crippen LogP contribution is -2.41. The Balaban J connectivity index is 1.50. The maximum absolute atomic E-state index is 14.1. The van der Waals surface area contributed by atoms with Crippen molar-refractivity contribution in [2.75, 3.05) is 27.9 Å². The SMILES string of the molecule is COc1ccc(Cc2nc(C3c4ccccc4CCN3C(=O)c3cc(F)ccc3OC)no2)cc1OC. The van der Waals surface area contributed by atoms with Crippen LogP contribution in [0.2, 0.25) is 0 Å². The van der Waals surface area contributed by atoms with E-state index < -0.39 is 11.9 Å². The number of amides is 1. The van der Waals surface area contributed by atoms with Crippen LogP contribution in [0.25, 0.3) is 0 Å². The van der Waals surface area contributed by atoms with Gasteiger partial charge in [-0.2, -0.15) is 4.98 Å². The number of nitrogens with zero attached hydrogens (tertiary/aromatic N) is 3. The fourth-order valence-electron chi connectivity index (χ4n) is 4.68. The number of aromatic nitrogens is 2. The van der Waals surface area contributed by atoms with Crippen molar-refractivity contribution in [2.45, 2.75) is 18.9 Å². The first kappa shape index (κ1) is 24.3. The average molecular weight is 504 g/mol. The van der Waals surface area contributed by atoms with E-state index in [0.717, 1.165) is 16.7 Å². The minimum absolute atomic E-state index is 0.140. The lowest BCUT2D eigenvalue weighted by Gasteiger charge is -2.35. The van der Waals surface area contributed by atoms with Crippen LogP contribution in [0.4, 0.5) is 4.39 Å². The minimum atomic E-state index is -0.603. The van der Waals surface area contributed by atoms with E-state index in [4.69, 9.17) is 18.7 Å². The summed E-state index contributed by atoms with van der Waals surface area (Å²) in [5.41, 5.74) is 3.03. The van der Waals surface area contributed by atoms with Crippen molar-refractivity contribution in [2.24, 2.45) is 0 Å². The third-order valence-corrected chi connectivity index (χ3v) is 6.47. The number of halogens is 1. The molecule has 0 spiro atoms. The van der Waals surface area contributed by atoms with Gasteiger partial charge in [0.15, 0.2) is 17.3 Å². The lowest BCUT2D eigenvalue weighted by atomic mass is 9.91. The second-order valence-corrected chi connectivity index (χ2v) is 8.61. The summed E-state index contributed by atoms with van der Waals surface area (Å²) in [4.78, 5) is 20.0. The molecule has 1 unspecified atom stereocenters. The first-order valence-corrected chi connectivity index (χ1v) is 11.8. The van der Waals surface area contributed by atoms with Crippen LogP contribution in [0.3, 0.4) is 0 Å². The molecule has 1 aliphatic heterocycles. The summed E-state index contributed by atoms with van der Waals surface area (Å²) in [6, 6.07) is 16.7. The maximum Gasteiger partial charge on any atom is 0.258 e. The molecule has 1 amide bonds. The van der Waals surface area contributed by atoms with Gasteiger partial charge in [-0.05, 0) is 53.4 Å². The summed E-state index contributed by atoms with van der Waals surface area (Å²) in [6.45, 7) is 0.403. The number of carbonyl (C=O) groups excluding carboxylic acids is 1. The Bertz CT molecular complexity index is 1440. The van der Waals surface area contributed by atoms with Gasteiger partial charge >= 0.3 is 0 Å². The number of hydrogen-bond acceptors (Lipinski definition) is 7. The molecule has 0 saturated carbocycles. The average Bonchev–Trinajstić information content (AvgIpc) is 3.39. The quantitative estimate of drug-likeness (QED) is 0.364. The largest absolute Gasteiger partial charge is 0.496 e. The predicted molar refractivity (Wildman–Crippen MR) is 133 cm³/mol. The van der Waals surface area contributed by atoms with Crippen molar-refractivity contribution >= 4 is 5.91 Å². The van der Waals surface area contributed by atoms with Crippen LogP contribution in [0.1, 0.15) is 44.8 Å². The van der Waals surface area contributed by atoms with E-state index >= 15 is 0 Å². The fraction of sp³-hybridized carbons (Fsp3) is 0.250. The number of benzene rings is 3. The zero-order valence-electron chi connectivity index (χ0n) is 20.7. The molecule has 0 aliphatic carbocycles. The Hall–Kier alpha value is -4.40. The number of rotatable bonds is 7. The van der Waals surface area contributed by atoms with Gasteiger partial charge in [0.1, 0.15) is 17.6 Å². The summed E-state index contributed by atoms with van der Waals surface area (Å²) < 4.78 is 35.8. The first-order chi connectivity index (χ1) is 18.0. The molecule has 1 atom stereocenters. The zero-order valence-corrected chi connectivity index (χ0v) is 20.7. The van der Waals surface area contributed by atoms with Crippen LogP contribution in [-0.4, -0.2) is 48.8 Å². The summed E-state index contributed by atoms with van der Waals surface area (Å²) in [7, 11) is 4.61. The van der Waals surface area contributed by atoms with Crippen molar-refractivity contribution in [1.82, 2.24) is 15.0 Å². The smallest absolute Gasteiger partial charge is 0.258 e. The molecule has 9 heteroatoms. The van der Waals surface area contributed by atoms with Crippen molar-refractivity contribution in [3.05, 3.63) is 100 Å². The number of fused-ring (bicyclic) bond motifs is 1. The fourth-order valence-corrected chi connectivity index (χ4v) is 4.68. The van der Waals surface area contributed by atoms with E-state index in [1.807, 2.05) is 42.5 Å². The van der Waals surface area contributed by atoms with Crippen molar-refractivity contribution in [3.8, 4) is 17.2 Å². The highest BCUT2D eigenvalue weighted by atomic mass is 19.1. The van der Waals surface area contributed by atoms with Gasteiger partial charge in [0.2, 0.25) is 5.89 Å². The molecule has 2 heterocycles. The van der Waals surface area contributed by atoms with E-state index in [0.29, 0.717) is 48.4 Å². The highest BCUT2D eigenvalue weighted by molar-refractivity contribution is 5.97. The molecule has 0 fully saturated rings. The molecule has 190 valence electrons. The van der Waals surface area contributed by atoms with Gasteiger partial charge in [-0.15, -0.1) is 0 Å².